The molecule has 124 valence electrons. The topological polar surface area (TPSA) is 58.4 Å². The van der Waals surface area contributed by atoms with Gasteiger partial charge in [0.1, 0.15) is 5.76 Å². The second kappa shape index (κ2) is 8.02. The first-order valence-electron chi connectivity index (χ1n) is 7.95. The van der Waals surface area contributed by atoms with Gasteiger partial charge in [-0.3, -0.25) is 4.79 Å². The third-order valence-corrected chi connectivity index (χ3v) is 5.09. The van der Waals surface area contributed by atoms with E-state index in [2.05, 4.69) is 35.3 Å². The highest BCUT2D eigenvalue weighted by Crippen LogP contribution is 2.25. The number of nitrogens with one attached hydrogen (secondary N) is 1. The molecule has 2 heterocycles. The Labute approximate surface area is 137 Å². The average Bonchev–Trinajstić information content (AvgIpc) is 3.05. The van der Waals surface area contributed by atoms with E-state index in [0.29, 0.717) is 23.3 Å². The number of amides is 1. The maximum absolute atomic E-state index is 12.4. The van der Waals surface area contributed by atoms with Gasteiger partial charge in [0.25, 0.3) is 5.91 Å². The van der Waals surface area contributed by atoms with Crippen molar-refractivity contribution in [1.82, 2.24) is 15.2 Å². The molecule has 0 radical (unpaired) electrons. The molecule has 5 nitrogen and oxygen atoms in total. The van der Waals surface area contributed by atoms with Crippen molar-refractivity contribution < 1.29 is 9.21 Å². The van der Waals surface area contributed by atoms with Gasteiger partial charge in [0, 0.05) is 19.1 Å². The molecule has 22 heavy (non-hydrogen) atoms. The molecule has 1 aliphatic rings. The molecule has 1 fully saturated rings. The molecule has 1 aliphatic heterocycles. The van der Waals surface area contributed by atoms with Gasteiger partial charge in [-0.2, -0.15) is 11.8 Å². The highest BCUT2D eigenvalue weighted by atomic mass is 32.2. The number of hydrogen-bond acceptors (Lipinski definition) is 5. The Morgan fingerprint density at radius 1 is 1.55 bits per heavy atom. The van der Waals surface area contributed by atoms with Gasteiger partial charge in [-0.05, 0) is 43.7 Å². The number of aromatic nitrogens is 1. The van der Waals surface area contributed by atoms with E-state index >= 15 is 0 Å². The molecule has 0 spiro atoms. The highest BCUT2D eigenvalue weighted by molar-refractivity contribution is 7.98. The maximum Gasteiger partial charge on any atom is 0.273 e. The fourth-order valence-corrected chi connectivity index (χ4v) is 3.53. The Hall–Kier alpha value is -1.01. The van der Waals surface area contributed by atoms with Crippen LogP contribution in [-0.4, -0.2) is 53.5 Å². The second-order valence-electron chi connectivity index (χ2n) is 6.35. The Morgan fingerprint density at radius 2 is 2.32 bits per heavy atom. The number of nitrogens with zero attached hydrogens (tertiary/aromatic N) is 2. The van der Waals surface area contributed by atoms with Gasteiger partial charge < -0.3 is 14.6 Å². The highest BCUT2D eigenvalue weighted by Gasteiger charge is 2.35. The monoisotopic (exact) mass is 325 g/mol. The van der Waals surface area contributed by atoms with Crippen molar-refractivity contribution in [2.75, 3.05) is 31.6 Å². The largest absolute Gasteiger partial charge is 0.448 e. The van der Waals surface area contributed by atoms with Crippen molar-refractivity contribution in [2.24, 2.45) is 11.8 Å². The van der Waals surface area contributed by atoms with Gasteiger partial charge in [0.15, 0.2) is 12.1 Å². The fraction of sp³-hybridized carbons (Fsp3) is 0.750. The molecule has 1 aromatic rings. The van der Waals surface area contributed by atoms with E-state index in [1.54, 1.807) is 6.92 Å². The third kappa shape index (κ3) is 4.26. The van der Waals surface area contributed by atoms with E-state index in [1.165, 1.54) is 18.6 Å². The lowest BCUT2D eigenvalue weighted by Gasteiger charge is -2.22. The molecule has 1 N–H and O–H groups in total. The lowest BCUT2D eigenvalue weighted by Crippen LogP contribution is -2.42. The zero-order valence-corrected chi connectivity index (χ0v) is 14.8. The molecule has 0 saturated carbocycles. The summed E-state index contributed by atoms with van der Waals surface area (Å²) in [4.78, 5) is 18.8. The minimum atomic E-state index is -0.118. The predicted octanol–water partition coefficient (Wildman–Crippen LogP) is 2.42. The van der Waals surface area contributed by atoms with Crippen LogP contribution in [0.3, 0.4) is 0 Å². The van der Waals surface area contributed by atoms with Crippen molar-refractivity contribution in [3.63, 3.8) is 0 Å². The molecule has 1 saturated heterocycles. The van der Waals surface area contributed by atoms with Gasteiger partial charge >= 0.3 is 0 Å². The van der Waals surface area contributed by atoms with Crippen LogP contribution < -0.4 is 5.32 Å². The normalized spacial score (nSPS) is 22.4. The van der Waals surface area contributed by atoms with Gasteiger partial charge in [-0.15, -0.1) is 0 Å². The van der Waals surface area contributed by atoms with E-state index < -0.39 is 0 Å². The van der Waals surface area contributed by atoms with Crippen molar-refractivity contribution in [3.05, 3.63) is 17.8 Å². The van der Waals surface area contributed by atoms with E-state index in [4.69, 9.17) is 4.42 Å². The summed E-state index contributed by atoms with van der Waals surface area (Å²) >= 11 is 1.89. The average molecular weight is 325 g/mol. The minimum Gasteiger partial charge on any atom is -0.448 e. The van der Waals surface area contributed by atoms with Crippen LogP contribution in [-0.2, 0) is 0 Å². The Bertz CT molecular complexity index is 489. The first-order chi connectivity index (χ1) is 10.5. The summed E-state index contributed by atoms with van der Waals surface area (Å²) in [5, 5.41) is 3.17. The zero-order chi connectivity index (χ0) is 16.1. The van der Waals surface area contributed by atoms with Crippen molar-refractivity contribution in [1.29, 1.82) is 0 Å². The Balaban J connectivity index is 1.95. The molecule has 0 unspecified atom stereocenters. The third-order valence-electron chi connectivity index (χ3n) is 4.40. The summed E-state index contributed by atoms with van der Waals surface area (Å²) < 4.78 is 5.13. The first-order valence-corrected chi connectivity index (χ1v) is 9.34. The Kier molecular flexibility index (Phi) is 6.32. The number of thioether (sulfide) groups is 1. The minimum absolute atomic E-state index is 0.118. The first kappa shape index (κ1) is 17.3. The second-order valence-corrected chi connectivity index (χ2v) is 7.34. The summed E-state index contributed by atoms with van der Waals surface area (Å²) in [7, 11) is 0. The lowest BCUT2D eigenvalue weighted by atomic mass is 9.91. The van der Waals surface area contributed by atoms with E-state index in [1.807, 2.05) is 11.8 Å². The molecule has 2 atom stereocenters. The van der Waals surface area contributed by atoms with Crippen LogP contribution in [0.2, 0.25) is 0 Å². The van der Waals surface area contributed by atoms with Gasteiger partial charge in [-0.1, -0.05) is 13.8 Å². The molecule has 0 bridgehead atoms. The lowest BCUT2D eigenvalue weighted by molar-refractivity contribution is 0.0919. The van der Waals surface area contributed by atoms with E-state index in [0.717, 1.165) is 19.6 Å². The smallest absolute Gasteiger partial charge is 0.273 e. The van der Waals surface area contributed by atoms with Crippen LogP contribution in [0.4, 0.5) is 0 Å². The molecular weight excluding hydrogens is 298 g/mol. The van der Waals surface area contributed by atoms with Gasteiger partial charge in [0.2, 0.25) is 0 Å². The van der Waals surface area contributed by atoms with Crippen LogP contribution >= 0.6 is 11.8 Å². The van der Waals surface area contributed by atoms with Crippen molar-refractivity contribution in [3.8, 4) is 0 Å². The number of carbonyl (C=O) groups excluding carboxylic acids is 1. The number of aryl methyl sites for hydroxylation is 1. The summed E-state index contributed by atoms with van der Waals surface area (Å²) in [5.74, 6) is 2.69. The summed E-state index contributed by atoms with van der Waals surface area (Å²) in [6.07, 6.45) is 4.67. The molecule has 2 rings (SSSR count). The van der Waals surface area contributed by atoms with Gasteiger partial charge in [0.05, 0.1) is 0 Å². The standard InChI is InChI=1S/C16H27N3O2S/c1-11(2)13-8-19(6-5-7-22-4)9-14(13)18-16(20)15-12(3)21-10-17-15/h10-11,13-14H,5-9H2,1-4H3,(H,18,20)/t13-,14+/m0/s1. The quantitative estimate of drug-likeness (QED) is 0.780. The number of likely N-dealkylation sites (tertiary alicyclic amines) is 1. The number of rotatable bonds is 7. The van der Waals surface area contributed by atoms with E-state index in [-0.39, 0.29) is 11.9 Å². The van der Waals surface area contributed by atoms with Crippen LogP contribution in [0.5, 0.6) is 0 Å². The predicted molar refractivity (Wildman–Crippen MR) is 90.3 cm³/mol. The zero-order valence-electron chi connectivity index (χ0n) is 14.0. The maximum atomic E-state index is 12.4. The van der Waals surface area contributed by atoms with Crippen LogP contribution in [0, 0.1) is 18.8 Å². The number of hydrogen-bond donors (Lipinski definition) is 1. The van der Waals surface area contributed by atoms with Crippen molar-refractivity contribution in [2.45, 2.75) is 33.2 Å². The fourth-order valence-electron chi connectivity index (χ4n) is 3.12. The Morgan fingerprint density at radius 3 is 2.91 bits per heavy atom. The summed E-state index contributed by atoms with van der Waals surface area (Å²) in [5.41, 5.74) is 0.406. The van der Waals surface area contributed by atoms with Crippen LogP contribution in [0.25, 0.3) is 0 Å². The van der Waals surface area contributed by atoms with Gasteiger partial charge in [-0.25, -0.2) is 4.98 Å². The van der Waals surface area contributed by atoms with Crippen LogP contribution in [0.15, 0.2) is 10.8 Å². The summed E-state index contributed by atoms with van der Waals surface area (Å²) in [6, 6.07) is 0.192. The molecule has 6 heteroatoms. The van der Waals surface area contributed by atoms with E-state index in [9.17, 15) is 4.79 Å². The SMILES string of the molecule is CSCCCN1C[C@@H](NC(=O)c2ncoc2C)[C@H](C(C)C)C1. The number of carbonyl (C=O) groups is 1. The van der Waals surface area contributed by atoms with Crippen molar-refractivity contribution >= 4 is 17.7 Å². The molecule has 1 amide bonds. The summed E-state index contributed by atoms with van der Waals surface area (Å²) in [6.45, 7) is 9.34. The number of oxazole rings is 1. The molecule has 0 aromatic carbocycles. The molecule has 1 aromatic heterocycles. The molecule has 0 aliphatic carbocycles. The molecular formula is C16H27N3O2S. The van der Waals surface area contributed by atoms with Crippen LogP contribution in [0.1, 0.15) is 36.5 Å².